The number of rotatable bonds is 7. The van der Waals surface area contributed by atoms with Crippen LogP contribution in [-0.4, -0.2) is 32.8 Å². The molecule has 7 heteroatoms. The molecule has 0 saturated heterocycles. The fraction of sp³-hybridized carbons (Fsp3) is 0.208. The van der Waals surface area contributed by atoms with Crippen molar-refractivity contribution >= 4 is 60.3 Å². The lowest BCUT2D eigenvalue weighted by molar-refractivity contribution is -0.667. The Kier molecular flexibility index (Phi) is 6.09. The van der Waals surface area contributed by atoms with E-state index in [9.17, 15) is 8.42 Å². The second kappa shape index (κ2) is 8.78. The molecule has 0 radical (unpaired) electrons. The average molecular weight is 454 g/mol. The molecule has 0 aliphatic rings. The minimum atomic E-state index is -3.98. The van der Waals surface area contributed by atoms with Gasteiger partial charge in [-0.15, -0.1) is 0 Å². The predicted octanol–water partition coefficient (Wildman–Crippen LogP) is 4.86. The normalized spacial score (nSPS) is 12.2. The van der Waals surface area contributed by atoms with Crippen LogP contribution in [0.25, 0.3) is 33.1 Å². The van der Waals surface area contributed by atoms with Gasteiger partial charge < -0.3 is 4.90 Å². The molecule has 31 heavy (non-hydrogen) atoms. The molecule has 0 atom stereocenters. The first kappa shape index (κ1) is 21.5. The summed E-state index contributed by atoms with van der Waals surface area (Å²) < 4.78 is 34.9. The van der Waals surface area contributed by atoms with E-state index in [0.29, 0.717) is 13.0 Å². The summed E-state index contributed by atoms with van der Waals surface area (Å²) >= 11 is 1.68. The van der Waals surface area contributed by atoms with E-state index in [0.717, 1.165) is 37.2 Å². The largest absolute Gasteiger partial charge is 0.378 e. The van der Waals surface area contributed by atoms with Crippen molar-refractivity contribution in [2.75, 3.05) is 24.7 Å². The van der Waals surface area contributed by atoms with E-state index in [2.05, 4.69) is 70.1 Å². The summed E-state index contributed by atoms with van der Waals surface area (Å²) in [5.74, 6) is -0.253. The molecule has 160 valence electrons. The number of benzene rings is 3. The van der Waals surface area contributed by atoms with Crippen molar-refractivity contribution in [2.45, 2.75) is 13.0 Å². The molecule has 4 rings (SSSR count). The minimum Gasteiger partial charge on any atom is -0.378 e. The average Bonchev–Trinajstić information content (AvgIpc) is 3.09. The summed E-state index contributed by atoms with van der Waals surface area (Å²) in [4.78, 5) is 2.06. The predicted molar refractivity (Wildman–Crippen MR) is 130 cm³/mol. The zero-order chi connectivity index (χ0) is 22.0. The Morgan fingerprint density at radius 1 is 1.00 bits per heavy atom. The number of fused-ring (bicyclic) bond motifs is 3. The Hall–Kier alpha value is -2.74. The van der Waals surface area contributed by atoms with Crippen molar-refractivity contribution in [1.82, 2.24) is 0 Å². The van der Waals surface area contributed by atoms with Crippen LogP contribution in [0.2, 0.25) is 0 Å². The molecule has 0 fully saturated rings. The number of hydrogen-bond donors (Lipinski definition) is 1. The fourth-order valence-corrected chi connectivity index (χ4v) is 5.28. The molecule has 5 nitrogen and oxygen atoms in total. The Morgan fingerprint density at radius 2 is 1.74 bits per heavy atom. The van der Waals surface area contributed by atoms with Crippen LogP contribution in [0.15, 0.2) is 60.7 Å². The minimum absolute atomic E-state index is 0.253. The summed E-state index contributed by atoms with van der Waals surface area (Å²) in [6, 6.07) is 20.8. The zero-order valence-corrected chi connectivity index (χ0v) is 19.2. The zero-order valence-electron chi connectivity index (χ0n) is 17.5. The van der Waals surface area contributed by atoms with Gasteiger partial charge in [0.15, 0.2) is 6.54 Å². The van der Waals surface area contributed by atoms with Crippen molar-refractivity contribution in [2.24, 2.45) is 0 Å². The van der Waals surface area contributed by atoms with Crippen LogP contribution in [0.3, 0.4) is 0 Å². The Bertz CT molecular complexity index is 1360. The van der Waals surface area contributed by atoms with Crippen molar-refractivity contribution in [3.63, 3.8) is 0 Å². The van der Waals surface area contributed by atoms with Crippen molar-refractivity contribution in [3.05, 3.63) is 71.2 Å². The van der Waals surface area contributed by atoms with Crippen LogP contribution in [-0.2, 0) is 16.7 Å². The van der Waals surface area contributed by atoms with Crippen LogP contribution < -0.4 is 9.47 Å². The second-order valence-electron chi connectivity index (χ2n) is 7.68. The third-order valence-electron chi connectivity index (χ3n) is 5.23. The van der Waals surface area contributed by atoms with Crippen LogP contribution in [0.5, 0.6) is 0 Å². The van der Waals surface area contributed by atoms with Crippen molar-refractivity contribution in [1.29, 1.82) is 0 Å². The van der Waals surface area contributed by atoms with Crippen LogP contribution >= 0.6 is 11.3 Å². The van der Waals surface area contributed by atoms with Gasteiger partial charge in [-0.1, -0.05) is 47.7 Å². The van der Waals surface area contributed by atoms with Gasteiger partial charge in [0, 0.05) is 32.3 Å². The topological polar surface area (TPSA) is 61.5 Å². The number of hydrogen-bond acceptors (Lipinski definition) is 4. The molecule has 3 aromatic carbocycles. The summed E-state index contributed by atoms with van der Waals surface area (Å²) in [5, 5.41) is 3.32. The lowest BCUT2D eigenvalue weighted by Gasteiger charge is -2.11. The molecule has 1 aromatic heterocycles. The van der Waals surface area contributed by atoms with Gasteiger partial charge >= 0.3 is 0 Å². The van der Waals surface area contributed by atoms with E-state index in [1.54, 1.807) is 11.3 Å². The molecule has 0 aliphatic heterocycles. The highest BCUT2D eigenvalue weighted by molar-refractivity contribution is 7.85. The van der Waals surface area contributed by atoms with Gasteiger partial charge in [0.2, 0.25) is 5.52 Å². The number of aryl methyl sites for hydroxylation is 1. The molecule has 0 unspecified atom stereocenters. The van der Waals surface area contributed by atoms with Crippen LogP contribution in [0.4, 0.5) is 5.69 Å². The van der Waals surface area contributed by atoms with E-state index in [1.165, 1.54) is 0 Å². The third-order valence-corrected chi connectivity index (χ3v) is 7.15. The fourth-order valence-electron chi connectivity index (χ4n) is 3.68. The van der Waals surface area contributed by atoms with Gasteiger partial charge in [0.25, 0.3) is 15.1 Å². The van der Waals surface area contributed by atoms with E-state index in [4.69, 9.17) is 4.55 Å². The lowest BCUT2D eigenvalue weighted by atomic mass is 10.1. The molecule has 1 heterocycles. The highest BCUT2D eigenvalue weighted by atomic mass is 32.2. The SMILES string of the molecule is CN(C)c1ccc(/C=C/c2sc3ccc4ccccc4c3[n+]2CCCS(=O)(=O)O)cc1. The molecule has 0 aliphatic carbocycles. The van der Waals surface area contributed by atoms with E-state index < -0.39 is 10.1 Å². The van der Waals surface area contributed by atoms with E-state index in [-0.39, 0.29) is 5.75 Å². The van der Waals surface area contributed by atoms with Gasteiger partial charge in [-0.2, -0.15) is 13.0 Å². The summed E-state index contributed by atoms with van der Waals surface area (Å²) in [7, 11) is 0.0472. The standard InChI is InChI=1S/C24H24N2O3S2/c1-25(2)20-12-8-18(9-13-20)10-15-23-26(16-5-17-31(27,28)29)24-21-7-4-3-6-19(21)11-14-22(24)30-23/h3-4,6-15H,5,16-17H2,1-2H3/p+1. The first-order valence-corrected chi connectivity index (χ1v) is 12.5. The number of thiazole rings is 1. The molecule has 0 saturated carbocycles. The number of aromatic nitrogens is 1. The lowest BCUT2D eigenvalue weighted by Crippen LogP contribution is -2.36. The Morgan fingerprint density at radius 3 is 2.45 bits per heavy atom. The maximum atomic E-state index is 11.2. The molecule has 4 aromatic rings. The van der Waals surface area contributed by atoms with Gasteiger partial charge in [-0.05, 0) is 41.3 Å². The molecule has 0 spiro atoms. The third kappa shape index (κ3) is 4.95. The summed E-state index contributed by atoms with van der Waals surface area (Å²) in [5.41, 5.74) is 3.34. The van der Waals surface area contributed by atoms with Gasteiger partial charge in [0.05, 0.1) is 11.1 Å². The first-order valence-electron chi connectivity index (χ1n) is 10.1. The summed E-state index contributed by atoms with van der Waals surface area (Å²) in [6.07, 6.45) is 4.50. The number of nitrogens with zero attached hydrogens (tertiary/aromatic N) is 2. The molecular formula is C24H25N2O3S2+. The smallest absolute Gasteiger partial charge is 0.265 e. The Labute approximate surface area is 186 Å². The highest BCUT2D eigenvalue weighted by Crippen LogP contribution is 2.29. The van der Waals surface area contributed by atoms with Gasteiger partial charge in [-0.25, -0.2) is 0 Å². The van der Waals surface area contributed by atoms with Crippen LogP contribution in [0.1, 0.15) is 17.0 Å². The van der Waals surface area contributed by atoms with Crippen molar-refractivity contribution in [3.8, 4) is 0 Å². The maximum absolute atomic E-state index is 11.2. The molecule has 0 amide bonds. The first-order chi connectivity index (χ1) is 14.8. The van der Waals surface area contributed by atoms with E-state index >= 15 is 0 Å². The van der Waals surface area contributed by atoms with Gasteiger partial charge in [-0.3, -0.25) is 4.55 Å². The summed E-state index contributed by atoms with van der Waals surface area (Å²) in [6.45, 7) is 0.507. The van der Waals surface area contributed by atoms with Crippen LogP contribution in [0, 0.1) is 0 Å². The van der Waals surface area contributed by atoms with E-state index in [1.807, 2.05) is 26.2 Å². The van der Waals surface area contributed by atoms with Crippen molar-refractivity contribution < 1.29 is 17.5 Å². The molecule has 1 N–H and O–H groups in total. The molecular weight excluding hydrogens is 428 g/mol. The molecule has 0 bridgehead atoms. The maximum Gasteiger partial charge on any atom is 0.265 e. The Balaban J connectivity index is 1.76. The number of anilines is 1. The monoisotopic (exact) mass is 453 g/mol. The quantitative estimate of drug-likeness (QED) is 0.321. The highest BCUT2D eigenvalue weighted by Gasteiger charge is 2.21. The van der Waals surface area contributed by atoms with Gasteiger partial charge in [0.1, 0.15) is 4.70 Å². The second-order valence-corrected chi connectivity index (χ2v) is 10.3.